The lowest BCUT2D eigenvalue weighted by atomic mass is 10.1. The molecule has 3 aromatic rings. The average Bonchev–Trinajstić information content (AvgIpc) is 2.95. The number of esters is 1. The smallest absolute Gasteiger partial charge is 0.350 e. The number of nitrogens with one attached hydrogen (secondary N) is 1. The van der Waals surface area contributed by atoms with E-state index >= 15 is 0 Å². The molecule has 0 aliphatic heterocycles. The van der Waals surface area contributed by atoms with Crippen LogP contribution in [0.25, 0.3) is 10.1 Å². The van der Waals surface area contributed by atoms with E-state index in [1.54, 1.807) is 25.3 Å². The molecule has 1 amide bonds. The van der Waals surface area contributed by atoms with E-state index in [0.29, 0.717) is 16.5 Å². The monoisotopic (exact) mass is 403 g/mol. The summed E-state index contributed by atoms with van der Waals surface area (Å²) in [4.78, 5) is 24.7. The molecule has 2 aromatic carbocycles. The second kappa shape index (κ2) is 7.98. The maximum Gasteiger partial charge on any atom is 0.350 e. The van der Waals surface area contributed by atoms with Crippen LogP contribution in [0.5, 0.6) is 5.75 Å². The number of ether oxygens (including phenoxy) is 2. The Bertz CT molecular complexity index is 1010. The predicted octanol–water partition coefficient (Wildman–Crippen LogP) is 4.98. The summed E-state index contributed by atoms with van der Waals surface area (Å²) in [6.45, 7) is 3.50. The van der Waals surface area contributed by atoms with Gasteiger partial charge in [0.05, 0.1) is 12.1 Å². The van der Waals surface area contributed by atoms with Gasteiger partial charge in [-0.05, 0) is 55.3 Å². The first kappa shape index (κ1) is 19.2. The summed E-state index contributed by atoms with van der Waals surface area (Å²) in [5.74, 6) is -0.365. The van der Waals surface area contributed by atoms with Crippen molar-refractivity contribution in [3.8, 4) is 5.75 Å². The molecule has 0 saturated carbocycles. The summed E-state index contributed by atoms with van der Waals surface area (Å²) < 4.78 is 11.1. The molecule has 1 heterocycles. The third-order valence-electron chi connectivity index (χ3n) is 3.86. The zero-order chi connectivity index (χ0) is 19.6. The van der Waals surface area contributed by atoms with Gasteiger partial charge in [-0.1, -0.05) is 17.7 Å². The van der Waals surface area contributed by atoms with Crippen LogP contribution in [-0.2, 0) is 9.53 Å². The number of halogens is 1. The van der Waals surface area contributed by atoms with Crippen LogP contribution in [-0.4, -0.2) is 25.6 Å². The second-order valence-corrected chi connectivity index (χ2v) is 7.54. The van der Waals surface area contributed by atoms with Crippen LogP contribution in [0.4, 0.5) is 5.69 Å². The third-order valence-corrected chi connectivity index (χ3v) is 5.50. The Morgan fingerprint density at radius 2 is 1.81 bits per heavy atom. The summed E-state index contributed by atoms with van der Waals surface area (Å²) in [6.07, 6.45) is 0. The number of hydrogen-bond donors (Lipinski definition) is 1. The van der Waals surface area contributed by atoms with E-state index in [4.69, 9.17) is 21.1 Å². The van der Waals surface area contributed by atoms with Gasteiger partial charge in [-0.3, -0.25) is 4.79 Å². The van der Waals surface area contributed by atoms with Crippen LogP contribution in [0, 0.1) is 13.8 Å². The SMILES string of the molecule is COc1ccc2c(Cl)c(C(=O)OCC(=O)Nc3cc(C)cc(C)c3)sc2c1. The summed E-state index contributed by atoms with van der Waals surface area (Å²) in [5.41, 5.74) is 2.74. The number of methoxy groups -OCH3 is 1. The number of fused-ring (bicyclic) bond motifs is 1. The first-order valence-electron chi connectivity index (χ1n) is 8.18. The Morgan fingerprint density at radius 1 is 1.11 bits per heavy atom. The number of benzene rings is 2. The van der Waals surface area contributed by atoms with Crippen molar-refractivity contribution in [1.82, 2.24) is 0 Å². The third kappa shape index (κ3) is 4.40. The Balaban J connectivity index is 1.67. The van der Waals surface area contributed by atoms with Crippen molar-refractivity contribution in [3.05, 3.63) is 57.4 Å². The minimum Gasteiger partial charge on any atom is -0.497 e. The minimum atomic E-state index is -0.629. The van der Waals surface area contributed by atoms with Crippen LogP contribution in [0.15, 0.2) is 36.4 Å². The largest absolute Gasteiger partial charge is 0.497 e. The van der Waals surface area contributed by atoms with Crippen molar-refractivity contribution in [2.24, 2.45) is 0 Å². The van der Waals surface area contributed by atoms with Crippen LogP contribution in [0.2, 0.25) is 5.02 Å². The summed E-state index contributed by atoms with van der Waals surface area (Å²) in [6, 6.07) is 11.1. The van der Waals surface area contributed by atoms with E-state index in [1.165, 1.54) is 11.3 Å². The molecule has 0 spiro atoms. The van der Waals surface area contributed by atoms with Crippen molar-refractivity contribution in [3.63, 3.8) is 0 Å². The van der Waals surface area contributed by atoms with E-state index in [-0.39, 0.29) is 11.5 Å². The highest BCUT2D eigenvalue weighted by Gasteiger charge is 2.20. The normalized spacial score (nSPS) is 10.7. The highest BCUT2D eigenvalue weighted by Crippen LogP contribution is 2.37. The standard InChI is InChI=1S/C20H18ClNO4S/c1-11-6-12(2)8-13(7-11)22-17(23)10-26-20(24)19-18(21)15-5-4-14(25-3)9-16(15)27-19/h4-9H,10H2,1-3H3,(H,22,23). The molecular formula is C20H18ClNO4S. The lowest BCUT2D eigenvalue weighted by Crippen LogP contribution is -2.20. The molecule has 5 nitrogen and oxygen atoms in total. The fourth-order valence-electron chi connectivity index (χ4n) is 2.74. The van der Waals surface area contributed by atoms with Crippen molar-refractivity contribution in [2.75, 3.05) is 19.0 Å². The van der Waals surface area contributed by atoms with Crippen LogP contribution >= 0.6 is 22.9 Å². The Labute approximate surface area is 165 Å². The van der Waals surface area contributed by atoms with Crippen LogP contribution in [0.3, 0.4) is 0 Å². The lowest BCUT2D eigenvalue weighted by molar-refractivity contribution is -0.119. The predicted molar refractivity (Wildman–Crippen MR) is 108 cm³/mol. The van der Waals surface area contributed by atoms with Gasteiger partial charge in [0.15, 0.2) is 6.61 Å². The van der Waals surface area contributed by atoms with Gasteiger partial charge >= 0.3 is 5.97 Å². The van der Waals surface area contributed by atoms with Crippen LogP contribution < -0.4 is 10.1 Å². The Hall–Kier alpha value is -2.57. The van der Waals surface area contributed by atoms with Crippen molar-refractivity contribution in [2.45, 2.75) is 13.8 Å². The van der Waals surface area contributed by atoms with E-state index in [1.807, 2.05) is 32.0 Å². The molecule has 0 aliphatic carbocycles. The summed E-state index contributed by atoms with van der Waals surface area (Å²) >= 11 is 7.50. The molecule has 0 bridgehead atoms. The van der Waals surface area contributed by atoms with Crippen molar-refractivity contribution >= 4 is 50.6 Å². The minimum absolute atomic E-state index is 0.263. The fourth-order valence-corrected chi connectivity index (χ4v) is 4.17. The topological polar surface area (TPSA) is 64.6 Å². The molecule has 0 saturated heterocycles. The van der Waals surface area contributed by atoms with E-state index in [9.17, 15) is 9.59 Å². The number of hydrogen-bond acceptors (Lipinski definition) is 5. The maximum absolute atomic E-state index is 12.3. The second-order valence-electron chi connectivity index (χ2n) is 6.11. The highest BCUT2D eigenvalue weighted by molar-refractivity contribution is 7.21. The molecular weight excluding hydrogens is 386 g/mol. The number of carbonyl (C=O) groups excluding carboxylic acids is 2. The van der Waals surface area contributed by atoms with Crippen LogP contribution in [0.1, 0.15) is 20.8 Å². The Kier molecular flexibility index (Phi) is 5.68. The molecule has 0 atom stereocenters. The number of amides is 1. The zero-order valence-corrected chi connectivity index (χ0v) is 16.7. The van der Waals surface area contributed by atoms with Gasteiger partial charge in [0.25, 0.3) is 5.91 Å². The number of carbonyl (C=O) groups is 2. The van der Waals surface area contributed by atoms with E-state index in [0.717, 1.165) is 21.2 Å². The Morgan fingerprint density at radius 3 is 2.48 bits per heavy atom. The molecule has 0 unspecified atom stereocenters. The van der Waals surface area contributed by atoms with Gasteiger partial charge in [-0.2, -0.15) is 0 Å². The molecule has 1 N–H and O–H groups in total. The van der Waals surface area contributed by atoms with Gasteiger partial charge in [0.2, 0.25) is 0 Å². The molecule has 3 rings (SSSR count). The maximum atomic E-state index is 12.3. The molecule has 0 radical (unpaired) electrons. The first-order valence-corrected chi connectivity index (χ1v) is 9.38. The molecule has 7 heteroatoms. The van der Waals surface area contributed by atoms with Gasteiger partial charge in [0, 0.05) is 15.8 Å². The lowest BCUT2D eigenvalue weighted by Gasteiger charge is -2.08. The summed E-state index contributed by atoms with van der Waals surface area (Å²) in [7, 11) is 1.57. The quantitative estimate of drug-likeness (QED) is 0.610. The first-order chi connectivity index (χ1) is 12.9. The van der Waals surface area contributed by atoms with Gasteiger partial charge in [-0.15, -0.1) is 11.3 Å². The summed E-state index contributed by atoms with van der Waals surface area (Å²) in [5, 5.41) is 3.79. The number of aryl methyl sites for hydroxylation is 2. The van der Waals surface area contributed by atoms with Gasteiger partial charge < -0.3 is 14.8 Å². The highest BCUT2D eigenvalue weighted by atomic mass is 35.5. The fraction of sp³-hybridized carbons (Fsp3) is 0.200. The molecule has 27 heavy (non-hydrogen) atoms. The molecule has 0 aliphatic rings. The van der Waals surface area contributed by atoms with E-state index < -0.39 is 11.9 Å². The number of anilines is 1. The van der Waals surface area contributed by atoms with Gasteiger partial charge in [-0.25, -0.2) is 4.79 Å². The van der Waals surface area contributed by atoms with Crippen molar-refractivity contribution < 1.29 is 19.1 Å². The molecule has 1 aromatic heterocycles. The number of rotatable bonds is 5. The number of thiophene rings is 1. The molecule has 0 fully saturated rings. The molecule has 140 valence electrons. The average molecular weight is 404 g/mol. The zero-order valence-electron chi connectivity index (χ0n) is 15.1. The van der Waals surface area contributed by atoms with Gasteiger partial charge in [0.1, 0.15) is 10.6 Å². The van der Waals surface area contributed by atoms with E-state index in [2.05, 4.69) is 5.32 Å². The van der Waals surface area contributed by atoms with Crippen molar-refractivity contribution in [1.29, 1.82) is 0 Å².